The second kappa shape index (κ2) is 4.48. The molecule has 1 aliphatic rings. The molecule has 104 valence electrons. The first kappa shape index (κ1) is 12.4. The van der Waals surface area contributed by atoms with E-state index in [4.69, 9.17) is 5.11 Å². The Morgan fingerprint density at radius 3 is 2.85 bits per heavy atom. The van der Waals surface area contributed by atoms with Crippen LogP contribution in [-0.2, 0) is 24.2 Å². The van der Waals surface area contributed by atoms with Crippen LogP contribution in [0.2, 0.25) is 0 Å². The van der Waals surface area contributed by atoms with E-state index < -0.39 is 11.9 Å². The average Bonchev–Trinajstić information content (AvgIpc) is 2.99. The molecule has 0 unspecified atom stereocenters. The van der Waals surface area contributed by atoms with E-state index in [1.54, 1.807) is 6.20 Å². The molecule has 1 aliphatic carbocycles. The molecule has 2 heterocycles. The number of hydrogen-bond donors (Lipinski definition) is 3. The van der Waals surface area contributed by atoms with Gasteiger partial charge in [-0.1, -0.05) is 0 Å². The van der Waals surface area contributed by atoms with Crippen LogP contribution in [0, 0.1) is 0 Å². The summed E-state index contributed by atoms with van der Waals surface area (Å²) in [5.41, 5.74) is 2.85. The van der Waals surface area contributed by atoms with Gasteiger partial charge >= 0.3 is 11.9 Å². The van der Waals surface area contributed by atoms with Gasteiger partial charge in [0.15, 0.2) is 5.69 Å². The second-order valence-electron chi connectivity index (χ2n) is 4.61. The zero-order valence-corrected chi connectivity index (χ0v) is 10.5. The Bertz CT molecular complexity index is 700. The second-order valence-corrected chi connectivity index (χ2v) is 4.61. The predicted octanol–water partition coefficient (Wildman–Crippen LogP) is 0.545. The topological polar surface area (TPSA) is 121 Å². The van der Waals surface area contributed by atoms with E-state index in [1.165, 1.54) is 4.68 Å². The lowest BCUT2D eigenvalue weighted by Crippen LogP contribution is -2.12. The molecule has 0 saturated heterocycles. The third kappa shape index (κ3) is 1.85. The van der Waals surface area contributed by atoms with E-state index in [1.807, 2.05) is 0 Å². The molecule has 2 aromatic rings. The summed E-state index contributed by atoms with van der Waals surface area (Å²) in [5.74, 6) is -2.07. The van der Waals surface area contributed by atoms with E-state index in [-0.39, 0.29) is 18.7 Å². The van der Waals surface area contributed by atoms with Gasteiger partial charge in [0.1, 0.15) is 0 Å². The Kier molecular flexibility index (Phi) is 2.78. The lowest BCUT2D eigenvalue weighted by atomic mass is 9.94. The van der Waals surface area contributed by atoms with Crippen molar-refractivity contribution in [2.45, 2.75) is 25.8 Å². The van der Waals surface area contributed by atoms with Gasteiger partial charge in [0, 0.05) is 5.69 Å². The summed E-state index contributed by atoms with van der Waals surface area (Å²) >= 11 is 0. The van der Waals surface area contributed by atoms with Crippen LogP contribution in [0.1, 0.15) is 28.2 Å². The number of aromatic carboxylic acids is 1. The average molecular weight is 276 g/mol. The summed E-state index contributed by atoms with van der Waals surface area (Å²) in [4.78, 5) is 22.0. The fourth-order valence-corrected chi connectivity index (χ4v) is 2.52. The maximum atomic E-state index is 11.3. The van der Waals surface area contributed by atoms with E-state index >= 15 is 0 Å². The quantitative estimate of drug-likeness (QED) is 0.749. The highest BCUT2D eigenvalue weighted by Crippen LogP contribution is 2.34. The summed E-state index contributed by atoms with van der Waals surface area (Å²) in [6.07, 6.45) is 2.94. The van der Waals surface area contributed by atoms with Gasteiger partial charge in [-0.15, -0.1) is 0 Å². The van der Waals surface area contributed by atoms with E-state index in [9.17, 15) is 14.7 Å². The van der Waals surface area contributed by atoms with Gasteiger partial charge in [0.05, 0.1) is 30.4 Å². The molecule has 0 amide bonds. The number of rotatable bonds is 4. The van der Waals surface area contributed by atoms with Crippen molar-refractivity contribution in [2.24, 2.45) is 0 Å². The molecule has 0 radical (unpaired) electrons. The largest absolute Gasteiger partial charge is 0.481 e. The molecule has 20 heavy (non-hydrogen) atoms. The number of nitrogens with zero attached hydrogens (tertiary/aromatic N) is 3. The minimum Gasteiger partial charge on any atom is -0.481 e. The lowest BCUT2D eigenvalue weighted by Gasteiger charge is -2.13. The number of H-pyrrole nitrogens is 1. The minimum absolute atomic E-state index is 0.0596. The maximum Gasteiger partial charge on any atom is 0.357 e. The van der Waals surface area contributed by atoms with Crippen LogP contribution < -0.4 is 0 Å². The lowest BCUT2D eigenvalue weighted by molar-refractivity contribution is -0.137. The summed E-state index contributed by atoms with van der Waals surface area (Å²) in [6.45, 7) is 0.161. The number of aryl methyl sites for hydroxylation is 2. The summed E-state index contributed by atoms with van der Waals surface area (Å²) in [5, 5.41) is 28.8. The molecule has 0 saturated carbocycles. The highest BCUT2D eigenvalue weighted by atomic mass is 16.4. The van der Waals surface area contributed by atoms with Gasteiger partial charge < -0.3 is 10.2 Å². The smallest absolute Gasteiger partial charge is 0.357 e. The molecule has 2 aromatic heterocycles. The van der Waals surface area contributed by atoms with Crippen LogP contribution in [0.5, 0.6) is 0 Å². The van der Waals surface area contributed by atoms with Crippen LogP contribution in [0.4, 0.5) is 0 Å². The van der Waals surface area contributed by atoms with Crippen molar-refractivity contribution in [3.63, 3.8) is 0 Å². The number of fused-ring (bicyclic) bond motifs is 3. The molecule has 0 atom stereocenters. The Hall–Kier alpha value is -2.64. The first-order chi connectivity index (χ1) is 9.58. The third-order valence-electron chi connectivity index (χ3n) is 3.40. The Labute approximate surface area is 113 Å². The van der Waals surface area contributed by atoms with Gasteiger partial charge in [-0.2, -0.15) is 10.2 Å². The molecule has 3 N–H and O–H groups in total. The first-order valence-corrected chi connectivity index (χ1v) is 6.15. The molecule has 8 heteroatoms. The van der Waals surface area contributed by atoms with Crippen LogP contribution in [-0.4, -0.2) is 42.1 Å². The van der Waals surface area contributed by atoms with Gasteiger partial charge in [-0.25, -0.2) is 4.79 Å². The van der Waals surface area contributed by atoms with Crippen LogP contribution in [0.15, 0.2) is 6.20 Å². The van der Waals surface area contributed by atoms with Gasteiger partial charge in [-0.05, 0) is 18.4 Å². The highest BCUT2D eigenvalue weighted by molar-refractivity contribution is 5.95. The van der Waals surface area contributed by atoms with Gasteiger partial charge in [0.2, 0.25) is 0 Å². The zero-order chi connectivity index (χ0) is 14.3. The standard InChI is InChI=1S/C12H12N4O4/c17-8(18)3-4-16-7-2-1-6-5-13-14-10(6)9(7)11(15-16)12(19)20/h5H,1-4H2,(H,13,14)(H,17,18)(H,19,20). The number of aromatic amines is 1. The number of carboxylic acid groups (broad SMARTS) is 2. The number of carboxylic acids is 2. The van der Waals surface area contributed by atoms with Crippen molar-refractivity contribution in [3.8, 4) is 11.3 Å². The van der Waals surface area contributed by atoms with Crippen molar-refractivity contribution in [1.82, 2.24) is 20.0 Å². The van der Waals surface area contributed by atoms with Crippen molar-refractivity contribution < 1.29 is 19.8 Å². The Morgan fingerprint density at radius 1 is 1.35 bits per heavy atom. The maximum absolute atomic E-state index is 11.3. The Balaban J connectivity index is 2.11. The van der Waals surface area contributed by atoms with Crippen molar-refractivity contribution >= 4 is 11.9 Å². The zero-order valence-electron chi connectivity index (χ0n) is 10.5. The summed E-state index contributed by atoms with van der Waals surface area (Å²) in [7, 11) is 0. The number of carbonyl (C=O) groups is 2. The molecular weight excluding hydrogens is 264 g/mol. The molecule has 0 spiro atoms. The Morgan fingerprint density at radius 2 is 2.15 bits per heavy atom. The molecule has 0 aliphatic heterocycles. The van der Waals surface area contributed by atoms with Crippen molar-refractivity contribution in [2.75, 3.05) is 0 Å². The molecule has 0 fully saturated rings. The monoisotopic (exact) mass is 276 g/mol. The van der Waals surface area contributed by atoms with E-state index in [0.29, 0.717) is 17.7 Å². The molecular formula is C12H12N4O4. The van der Waals surface area contributed by atoms with Crippen LogP contribution in [0.25, 0.3) is 11.3 Å². The predicted molar refractivity (Wildman–Crippen MR) is 66.4 cm³/mol. The minimum atomic E-state index is -1.13. The van der Waals surface area contributed by atoms with E-state index in [2.05, 4.69) is 15.3 Å². The first-order valence-electron chi connectivity index (χ1n) is 6.15. The van der Waals surface area contributed by atoms with E-state index in [0.717, 1.165) is 17.7 Å². The molecule has 8 nitrogen and oxygen atoms in total. The number of nitrogens with one attached hydrogen (secondary N) is 1. The fraction of sp³-hybridized carbons (Fsp3) is 0.333. The number of aromatic nitrogens is 4. The van der Waals surface area contributed by atoms with Crippen LogP contribution in [0.3, 0.4) is 0 Å². The molecule has 3 rings (SSSR count). The van der Waals surface area contributed by atoms with Gasteiger partial charge in [-0.3, -0.25) is 14.6 Å². The number of aliphatic carboxylic acids is 1. The fourth-order valence-electron chi connectivity index (χ4n) is 2.52. The van der Waals surface area contributed by atoms with Crippen LogP contribution >= 0.6 is 0 Å². The normalized spacial score (nSPS) is 12.8. The summed E-state index contributed by atoms with van der Waals surface area (Å²) < 4.78 is 1.48. The molecule has 0 bridgehead atoms. The van der Waals surface area contributed by atoms with Crippen molar-refractivity contribution in [3.05, 3.63) is 23.1 Å². The summed E-state index contributed by atoms with van der Waals surface area (Å²) in [6, 6.07) is 0. The SMILES string of the molecule is O=C(O)CCn1nc(C(=O)O)c2c1CCc1cn[nH]c1-2. The third-order valence-corrected chi connectivity index (χ3v) is 3.40. The van der Waals surface area contributed by atoms with Crippen molar-refractivity contribution in [1.29, 1.82) is 0 Å². The van der Waals surface area contributed by atoms with Gasteiger partial charge in [0.25, 0.3) is 0 Å². The highest BCUT2D eigenvalue weighted by Gasteiger charge is 2.29. The molecule has 0 aromatic carbocycles. The number of hydrogen-bond acceptors (Lipinski definition) is 4.